The summed E-state index contributed by atoms with van der Waals surface area (Å²) in [4.78, 5) is 0. The molecule has 0 aliphatic carbocycles. The monoisotopic (exact) mass is 272 g/mol. The SMILES string of the molecule is OC(CCCBr)CCCBr. The van der Waals surface area contributed by atoms with Crippen molar-refractivity contribution in [2.45, 2.75) is 31.8 Å². The maximum atomic E-state index is 9.27. The molecule has 0 saturated carbocycles. The number of hydrogen-bond donors (Lipinski definition) is 1. The molecular weight excluding hydrogens is 260 g/mol. The Hall–Kier alpha value is 0.920. The minimum Gasteiger partial charge on any atom is -0.393 e. The van der Waals surface area contributed by atoms with E-state index >= 15 is 0 Å². The highest BCUT2D eigenvalue weighted by molar-refractivity contribution is 9.09. The van der Waals surface area contributed by atoms with Crippen LogP contribution in [0.1, 0.15) is 25.7 Å². The van der Waals surface area contributed by atoms with Crippen LogP contribution >= 0.6 is 31.9 Å². The largest absolute Gasteiger partial charge is 0.393 e. The summed E-state index contributed by atoms with van der Waals surface area (Å²) in [5.41, 5.74) is 0. The number of hydrogen-bond acceptors (Lipinski definition) is 1. The van der Waals surface area contributed by atoms with E-state index in [1.165, 1.54) is 0 Å². The molecule has 0 aromatic carbocycles. The molecule has 0 rings (SSSR count). The van der Waals surface area contributed by atoms with Crippen LogP contribution in [0.5, 0.6) is 0 Å². The second-order valence-corrected chi connectivity index (χ2v) is 3.90. The van der Waals surface area contributed by atoms with Crippen LogP contribution in [0.25, 0.3) is 0 Å². The van der Waals surface area contributed by atoms with Crippen molar-refractivity contribution in [3.05, 3.63) is 0 Å². The summed E-state index contributed by atoms with van der Waals surface area (Å²) in [7, 11) is 0. The number of aliphatic hydroxyl groups is 1. The van der Waals surface area contributed by atoms with Gasteiger partial charge in [0.05, 0.1) is 6.10 Å². The van der Waals surface area contributed by atoms with Crippen LogP contribution in [0.2, 0.25) is 0 Å². The quantitative estimate of drug-likeness (QED) is 0.738. The average Bonchev–Trinajstić information content (AvgIpc) is 1.97. The Kier molecular flexibility index (Phi) is 8.76. The van der Waals surface area contributed by atoms with Crippen molar-refractivity contribution in [2.24, 2.45) is 0 Å². The molecule has 3 heteroatoms. The first-order valence-corrected chi connectivity index (χ1v) is 5.85. The fourth-order valence-electron chi connectivity index (χ4n) is 0.770. The minimum absolute atomic E-state index is 0.0879. The predicted molar refractivity (Wildman–Crippen MR) is 52.1 cm³/mol. The Bertz CT molecular complexity index is 60.6. The zero-order chi connectivity index (χ0) is 7.82. The Morgan fingerprint density at radius 2 is 1.40 bits per heavy atom. The maximum Gasteiger partial charge on any atom is 0.0540 e. The molecule has 10 heavy (non-hydrogen) atoms. The van der Waals surface area contributed by atoms with E-state index in [0.29, 0.717) is 0 Å². The zero-order valence-corrected chi connectivity index (χ0v) is 9.20. The van der Waals surface area contributed by atoms with Crippen molar-refractivity contribution in [3.8, 4) is 0 Å². The van der Waals surface area contributed by atoms with E-state index in [2.05, 4.69) is 31.9 Å². The topological polar surface area (TPSA) is 20.2 Å². The highest BCUT2D eigenvalue weighted by Crippen LogP contribution is 2.06. The van der Waals surface area contributed by atoms with Crippen LogP contribution in [0.4, 0.5) is 0 Å². The van der Waals surface area contributed by atoms with Gasteiger partial charge in [-0.25, -0.2) is 0 Å². The van der Waals surface area contributed by atoms with Gasteiger partial charge in [0.1, 0.15) is 0 Å². The first kappa shape index (κ1) is 10.9. The lowest BCUT2D eigenvalue weighted by Crippen LogP contribution is -2.06. The van der Waals surface area contributed by atoms with Crippen molar-refractivity contribution >= 4 is 31.9 Å². The molecule has 0 heterocycles. The molecule has 0 amide bonds. The van der Waals surface area contributed by atoms with Crippen LogP contribution < -0.4 is 0 Å². The van der Waals surface area contributed by atoms with Crippen molar-refractivity contribution in [3.63, 3.8) is 0 Å². The van der Waals surface area contributed by atoms with Gasteiger partial charge in [-0.1, -0.05) is 31.9 Å². The molecule has 0 aromatic heterocycles. The van der Waals surface area contributed by atoms with E-state index in [0.717, 1.165) is 36.3 Å². The number of halogens is 2. The lowest BCUT2D eigenvalue weighted by Gasteiger charge is -2.06. The lowest BCUT2D eigenvalue weighted by atomic mass is 10.1. The summed E-state index contributed by atoms with van der Waals surface area (Å²) in [6, 6.07) is 0. The summed E-state index contributed by atoms with van der Waals surface area (Å²) in [5.74, 6) is 0. The van der Waals surface area contributed by atoms with Gasteiger partial charge in [0.25, 0.3) is 0 Å². The molecule has 0 atom stereocenters. The predicted octanol–water partition coefficient (Wildman–Crippen LogP) is 2.70. The molecule has 0 aromatic rings. The van der Waals surface area contributed by atoms with Crippen LogP contribution in [0.15, 0.2) is 0 Å². The van der Waals surface area contributed by atoms with Gasteiger partial charge < -0.3 is 5.11 Å². The van der Waals surface area contributed by atoms with Crippen LogP contribution in [-0.4, -0.2) is 21.9 Å². The van der Waals surface area contributed by atoms with Crippen LogP contribution in [-0.2, 0) is 0 Å². The third-order valence-electron chi connectivity index (χ3n) is 1.34. The molecule has 0 saturated heterocycles. The van der Waals surface area contributed by atoms with Crippen LogP contribution in [0.3, 0.4) is 0 Å². The van der Waals surface area contributed by atoms with E-state index in [-0.39, 0.29) is 6.10 Å². The lowest BCUT2D eigenvalue weighted by molar-refractivity contribution is 0.153. The first-order chi connectivity index (χ1) is 4.81. The second-order valence-electron chi connectivity index (χ2n) is 2.32. The average molecular weight is 274 g/mol. The van der Waals surface area contributed by atoms with Crippen molar-refractivity contribution < 1.29 is 5.11 Å². The van der Waals surface area contributed by atoms with E-state index in [9.17, 15) is 5.11 Å². The summed E-state index contributed by atoms with van der Waals surface area (Å²) < 4.78 is 0. The Morgan fingerprint density at radius 1 is 1.00 bits per heavy atom. The van der Waals surface area contributed by atoms with Gasteiger partial charge in [-0.15, -0.1) is 0 Å². The van der Waals surface area contributed by atoms with Gasteiger partial charge in [-0.05, 0) is 25.7 Å². The molecule has 0 fully saturated rings. The Labute approximate surface area is 79.5 Å². The van der Waals surface area contributed by atoms with E-state index in [1.54, 1.807) is 0 Å². The highest BCUT2D eigenvalue weighted by Gasteiger charge is 2.01. The molecular formula is C7H14Br2O. The first-order valence-electron chi connectivity index (χ1n) is 3.61. The molecule has 0 radical (unpaired) electrons. The molecule has 1 N–H and O–H groups in total. The molecule has 0 bridgehead atoms. The number of rotatable bonds is 6. The fraction of sp³-hybridized carbons (Fsp3) is 1.00. The molecule has 1 nitrogen and oxygen atoms in total. The summed E-state index contributed by atoms with van der Waals surface area (Å²) in [5, 5.41) is 11.3. The smallest absolute Gasteiger partial charge is 0.0540 e. The van der Waals surface area contributed by atoms with Gasteiger partial charge in [0.2, 0.25) is 0 Å². The highest BCUT2D eigenvalue weighted by atomic mass is 79.9. The van der Waals surface area contributed by atoms with Gasteiger partial charge in [-0.2, -0.15) is 0 Å². The van der Waals surface area contributed by atoms with E-state index < -0.39 is 0 Å². The summed E-state index contributed by atoms with van der Waals surface area (Å²) in [6.45, 7) is 0. The Balaban J connectivity index is 3.00. The Morgan fingerprint density at radius 3 is 1.70 bits per heavy atom. The van der Waals surface area contributed by atoms with Crippen molar-refractivity contribution in [1.82, 2.24) is 0 Å². The standard InChI is InChI=1S/C7H14Br2O/c8-5-1-3-7(10)4-2-6-9/h7,10H,1-6H2. The zero-order valence-electron chi connectivity index (χ0n) is 6.02. The number of alkyl halides is 2. The van der Waals surface area contributed by atoms with Gasteiger partial charge in [-0.3, -0.25) is 0 Å². The summed E-state index contributed by atoms with van der Waals surface area (Å²) >= 11 is 6.65. The molecule has 0 aliphatic heterocycles. The second kappa shape index (κ2) is 8.02. The summed E-state index contributed by atoms with van der Waals surface area (Å²) in [6.07, 6.45) is 3.92. The van der Waals surface area contributed by atoms with E-state index in [4.69, 9.17) is 0 Å². The van der Waals surface area contributed by atoms with E-state index in [1.807, 2.05) is 0 Å². The van der Waals surface area contributed by atoms with Crippen molar-refractivity contribution in [1.29, 1.82) is 0 Å². The van der Waals surface area contributed by atoms with Gasteiger partial charge in [0, 0.05) is 10.7 Å². The van der Waals surface area contributed by atoms with Crippen LogP contribution in [0, 0.1) is 0 Å². The normalized spacial score (nSPS) is 10.8. The maximum absolute atomic E-state index is 9.27. The third kappa shape index (κ3) is 7.03. The fourth-order valence-corrected chi connectivity index (χ4v) is 1.42. The number of aliphatic hydroxyl groups excluding tert-OH is 1. The molecule has 0 aliphatic rings. The van der Waals surface area contributed by atoms with Gasteiger partial charge in [0.15, 0.2) is 0 Å². The molecule has 0 spiro atoms. The molecule has 62 valence electrons. The minimum atomic E-state index is -0.0879. The van der Waals surface area contributed by atoms with Crippen molar-refractivity contribution in [2.75, 3.05) is 10.7 Å². The molecule has 0 unspecified atom stereocenters. The third-order valence-corrected chi connectivity index (χ3v) is 2.46. The van der Waals surface area contributed by atoms with Gasteiger partial charge >= 0.3 is 0 Å².